The normalized spacial score (nSPS) is 31.8. The fourth-order valence-electron chi connectivity index (χ4n) is 5.11. The second-order valence-corrected chi connectivity index (χ2v) is 19.6. The minimum atomic E-state index is -2.10. The molecule has 0 aromatic carbocycles. The van der Waals surface area contributed by atoms with Crippen LogP contribution in [-0.2, 0) is 20.3 Å². The van der Waals surface area contributed by atoms with Crippen LogP contribution in [0.5, 0.6) is 0 Å². The van der Waals surface area contributed by atoms with Crippen LogP contribution in [0.15, 0.2) is 44.3 Å². The van der Waals surface area contributed by atoms with E-state index >= 15 is 0 Å². The summed E-state index contributed by atoms with van der Waals surface area (Å²) in [4.78, 5) is 0. The first-order chi connectivity index (χ1) is 10.1. The summed E-state index contributed by atoms with van der Waals surface area (Å²) >= 11 is -2.10. The number of rotatable bonds is 3. The predicted octanol–water partition coefficient (Wildman–Crippen LogP) is 0.488. The first-order valence-electron chi connectivity index (χ1n) is 8.94. The third-order valence-corrected chi connectivity index (χ3v) is 21.1. The quantitative estimate of drug-likeness (QED) is 0.612. The van der Waals surface area contributed by atoms with Crippen LogP contribution in [0.3, 0.4) is 0 Å². The van der Waals surface area contributed by atoms with Crippen LogP contribution in [0, 0.1) is 5.92 Å². The minimum absolute atomic E-state index is 0. The van der Waals surface area contributed by atoms with Gasteiger partial charge >= 0.3 is 135 Å². The van der Waals surface area contributed by atoms with Crippen molar-refractivity contribution in [3.8, 4) is 0 Å². The van der Waals surface area contributed by atoms with Gasteiger partial charge in [-0.15, -0.1) is 0 Å². The van der Waals surface area contributed by atoms with E-state index in [1.54, 1.807) is 15.3 Å². The molecule has 3 aliphatic carbocycles. The van der Waals surface area contributed by atoms with Gasteiger partial charge in [-0.05, 0) is 0 Å². The van der Waals surface area contributed by atoms with Gasteiger partial charge in [-0.2, -0.15) is 0 Å². The molecule has 0 bridgehead atoms. The molecule has 1 heterocycles. The van der Waals surface area contributed by atoms with Gasteiger partial charge in [-0.1, -0.05) is 0 Å². The molecule has 0 N–H and O–H groups in total. The topological polar surface area (TPSA) is 0 Å². The summed E-state index contributed by atoms with van der Waals surface area (Å²) in [7, 11) is 0. The molecule has 4 rings (SSSR count). The molecule has 0 nitrogen and oxygen atoms in total. The Hall–Kier alpha value is 0.423. The zero-order valence-electron chi connectivity index (χ0n) is 14.5. The fourth-order valence-corrected chi connectivity index (χ4v) is 21.5. The molecule has 1 aliphatic heterocycles. The van der Waals surface area contributed by atoms with Gasteiger partial charge in [-0.3, -0.25) is 0 Å². The maximum atomic E-state index is 2.66. The summed E-state index contributed by atoms with van der Waals surface area (Å²) in [5.41, 5.74) is 5.28. The van der Waals surface area contributed by atoms with Crippen molar-refractivity contribution in [3.05, 3.63) is 44.3 Å². The van der Waals surface area contributed by atoms with Crippen molar-refractivity contribution in [3.63, 3.8) is 0 Å². The average molecular weight is 431 g/mol. The van der Waals surface area contributed by atoms with E-state index in [9.17, 15) is 0 Å². The van der Waals surface area contributed by atoms with Crippen molar-refractivity contribution in [1.29, 1.82) is 0 Å². The van der Waals surface area contributed by atoms with Gasteiger partial charge in [0.2, 0.25) is 0 Å². The largest absolute Gasteiger partial charge is 1.00 e. The van der Waals surface area contributed by atoms with Gasteiger partial charge in [0.15, 0.2) is 0 Å². The van der Waals surface area contributed by atoms with Crippen LogP contribution in [-0.4, -0.2) is 0 Å². The number of halogens is 2. The smallest absolute Gasteiger partial charge is 1.00 e. The second kappa shape index (κ2) is 7.35. The molecule has 1 fully saturated rings. The molecule has 0 aromatic rings. The minimum Gasteiger partial charge on any atom is -1.00 e. The van der Waals surface area contributed by atoms with Crippen LogP contribution in [0.4, 0.5) is 0 Å². The molecule has 4 aliphatic rings. The van der Waals surface area contributed by atoms with Gasteiger partial charge in [0.25, 0.3) is 0 Å². The molecule has 0 radical (unpaired) electrons. The van der Waals surface area contributed by atoms with Crippen LogP contribution < -0.4 is 24.8 Å². The van der Waals surface area contributed by atoms with E-state index in [0.717, 1.165) is 7.25 Å². The Labute approximate surface area is 158 Å². The van der Waals surface area contributed by atoms with Crippen molar-refractivity contribution in [1.82, 2.24) is 0 Å². The number of hydrogen-bond donors (Lipinski definition) is 0. The van der Waals surface area contributed by atoms with Crippen LogP contribution in [0.25, 0.3) is 0 Å². The van der Waals surface area contributed by atoms with Crippen molar-refractivity contribution in [2.24, 2.45) is 5.92 Å². The molecule has 3 atom stereocenters. The molecular weight excluding hydrogens is 402 g/mol. The van der Waals surface area contributed by atoms with Crippen molar-refractivity contribution >= 4 is 0 Å². The standard InChI is InChI=1S/C9H11.C8H11.C3H6.2ClH.Zr/c1-2-5-9-7-3-6-8(9)4-1;1-7(2)8-5-3-4-6-8;1-3-2;;;/h3,6-7H,1-2,4-5H2;5-7H,3H2,1-2H3;3H,1H2,2H3;2*1H;/q;;;;;+2/p-2. The summed E-state index contributed by atoms with van der Waals surface area (Å²) in [5.74, 6) is 0.712. The second-order valence-electron chi connectivity index (χ2n) is 7.97. The summed E-state index contributed by atoms with van der Waals surface area (Å²) in [6.07, 6.45) is 17.3. The maximum Gasteiger partial charge on any atom is -1.00 e. The molecular formula is C20H28Cl2Zr. The van der Waals surface area contributed by atoms with Gasteiger partial charge in [0.05, 0.1) is 0 Å². The van der Waals surface area contributed by atoms with Crippen molar-refractivity contribution in [2.75, 3.05) is 0 Å². The van der Waals surface area contributed by atoms with Crippen LogP contribution in [0.2, 0.25) is 11.4 Å². The zero-order chi connectivity index (χ0) is 14.6. The molecule has 0 saturated carbocycles. The molecule has 23 heavy (non-hydrogen) atoms. The summed E-state index contributed by atoms with van der Waals surface area (Å²) in [6.45, 7) is 7.27. The van der Waals surface area contributed by atoms with E-state index < -0.39 is 20.3 Å². The van der Waals surface area contributed by atoms with E-state index in [1.165, 1.54) is 32.1 Å². The van der Waals surface area contributed by atoms with E-state index in [2.05, 4.69) is 45.1 Å². The number of hydrogen-bond acceptors (Lipinski definition) is 0. The fraction of sp³-hybridized carbons (Fsp3) is 0.600. The van der Waals surface area contributed by atoms with Gasteiger partial charge in [0, 0.05) is 0 Å². The predicted molar refractivity (Wildman–Crippen MR) is 88.2 cm³/mol. The Morgan fingerprint density at radius 2 is 1.83 bits per heavy atom. The molecule has 0 aromatic heterocycles. The Morgan fingerprint density at radius 1 is 1.13 bits per heavy atom. The molecule has 3 unspecified atom stereocenters. The summed E-state index contributed by atoms with van der Waals surface area (Å²) in [6, 6.07) is 0. The Kier molecular flexibility index (Phi) is 6.31. The van der Waals surface area contributed by atoms with Crippen LogP contribution in [0.1, 0.15) is 52.9 Å². The third-order valence-electron chi connectivity index (χ3n) is 6.50. The molecule has 126 valence electrons. The molecule has 0 spiro atoms. The van der Waals surface area contributed by atoms with E-state index in [4.69, 9.17) is 0 Å². The summed E-state index contributed by atoms with van der Waals surface area (Å²) in [5, 5.41) is 0. The zero-order valence-corrected chi connectivity index (χ0v) is 18.5. The van der Waals surface area contributed by atoms with Gasteiger partial charge < -0.3 is 24.8 Å². The monoisotopic (exact) mass is 428 g/mol. The number of allylic oxidation sites excluding steroid dienone is 8. The summed E-state index contributed by atoms with van der Waals surface area (Å²) < 4.78 is 5.59. The van der Waals surface area contributed by atoms with E-state index in [1.807, 2.05) is 8.85 Å². The van der Waals surface area contributed by atoms with E-state index in [0.29, 0.717) is 5.92 Å². The van der Waals surface area contributed by atoms with Gasteiger partial charge in [0.1, 0.15) is 0 Å². The first kappa shape index (κ1) is 19.7. The van der Waals surface area contributed by atoms with Crippen molar-refractivity contribution in [2.45, 2.75) is 64.3 Å². The van der Waals surface area contributed by atoms with Crippen LogP contribution >= 0.6 is 0 Å². The Morgan fingerprint density at radius 3 is 2.43 bits per heavy atom. The Balaban J connectivity index is 0.000000960. The maximum absolute atomic E-state index is 2.66. The SMILES string of the molecule is CC(C)C1=CC[C]([Zr+2]2([CH]3C=CC4=C3CCCC4)[CH2][CH]2C)=C1.[Cl-].[Cl-]. The van der Waals surface area contributed by atoms with Crippen molar-refractivity contribution < 1.29 is 45.1 Å². The average Bonchev–Trinajstić information content (AvgIpc) is 2.91. The first-order valence-corrected chi connectivity index (χ1v) is 14.7. The molecule has 3 heteroatoms. The van der Waals surface area contributed by atoms with Gasteiger partial charge in [-0.25, -0.2) is 0 Å². The molecule has 1 saturated heterocycles. The molecule has 0 amide bonds. The third kappa shape index (κ3) is 3.16. The Bertz CT molecular complexity index is 597. The van der Waals surface area contributed by atoms with E-state index in [-0.39, 0.29) is 24.8 Å².